The largest absolute Gasteiger partial charge is 0.367 e. The number of benzene rings is 1. The van der Waals surface area contributed by atoms with Crippen molar-refractivity contribution in [1.29, 1.82) is 5.26 Å². The Morgan fingerprint density at radius 3 is 2.67 bits per heavy atom. The molecule has 0 saturated carbocycles. The molecule has 0 radical (unpaired) electrons. The summed E-state index contributed by atoms with van der Waals surface area (Å²) in [5.74, 6) is 0. The van der Waals surface area contributed by atoms with Crippen molar-refractivity contribution in [1.82, 2.24) is 15.2 Å². The second-order valence-corrected chi connectivity index (χ2v) is 6.01. The monoisotopic (exact) mass is 337 g/mol. The third-order valence-corrected chi connectivity index (χ3v) is 4.50. The highest BCUT2D eigenvalue weighted by molar-refractivity contribution is 7.80. The lowest BCUT2D eigenvalue weighted by Gasteiger charge is -2.37. The number of nitrogens with zero attached hydrogens (tertiary/aromatic N) is 4. The van der Waals surface area contributed by atoms with Crippen LogP contribution in [0, 0.1) is 11.3 Å². The SMILES string of the molecule is N#Cc1ccccc1N1CCN(C(=S)NCc2cccnc2)CC1. The minimum absolute atomic E-state index is 0.685. The molecule has 1 fully saturated rings. The van der Waals surface area contributed by atoms with Crippen molar-refractivity contribution >= 4 is 23.0 Å². The fraction of sp³-hybridized carbons (Fsp3) is 0.278. The first-order valence-corrected chi connectivity index (χ1v) is 8.34. The molecule has 0 atom stereocenters. The van der Waals surface area contributed by atoms with Gasteiger partial charge in [0.1, 0.15) is 6.07 Å². The van der Waals surface area contributed by atoms with Crippen molar-refractivity contribution in [2.45, 2.75) is 6.54 Å². The molecule has 5 nitrogen and oxygen atoms in total. The lowest BCUT2D eigenvalue weighted by atomic mass is 10.1. The zero-order chi connectivity index (χ0) is 16.8. The van der Waals surface area contributed by atoms with Gasteiger partial charge in [-0.3, -0.25) is 4.98 Å². The second-order valence-electron chi connectivity index (χ2n) is 5.62. The second kappa shape index (κ2) is 7.75. The van der Waals surface area contributed by atoms with Gasteiger partial charge < -0.3 is 15.1 Å². The average Bonchev–Trinajstić information content (AvgIpc) is 2.67. The Bertz CT molecular complexity index is 733. The van der Waals surface area contributed by atoms with Gasteiger partial charge >= 0.3 is 0 Å². The molecule has 2 aromatic rings. The molecule has 6 heteroatoms. The smallest absolute Gasteiger partial charge is 0.169 e. The molecular formula is C18H19N5S. The molecule has 1 aliphatic rings. The van der Waals surface area contributed by atoms with E-state index in [0.717, 1.165) is 48.1 Å². The van der Waals surface area contributed by atoms with E-state index in [-0.39, 0.29) is 0 Å². The lowest BCUT2D eigenvalue weighted by molar-refractivity contribution is 0.380. The van der Waals surface area contributed by atoms with Crippen LogP contribution in [0.25, 0.3) is 0 Å². The van der Waals surface area contributed by atoms with Crippen LogP contribution >= 0.6 is 12.2 Å². The number of thiocarbonyl (C=S) groups is 1. The molecular weight excluding hydrogens is 318 g/mol. The van der Waals surface area contributed by atoms with Crippen LogP contribution in [-0.4, -0.2) is 41.2 Å². The van der Waals surface area contributed by atoms with Crippen LogP contribution in [0.2, 0.25) is 0 Å². The molecule has 2 heterocycles. The highest BCUT2D eigenvalue weighted by atomic mass is 32.1. The van der Waals surface area contributed by atoms with Gasteiger partial charge in [0.15, 0.2) is 5.11 Å². The highest BCUT2D eigenvalue weighted by Gasteiger charge is 2.20. The van der Waals surface area contributed by atoms with Crippen LogP contribution in [0.5, 0.6) is 0 Å². The minimum atomic E-state index is 0.685. The van der Waals surface area contributed by atoms with Gasteiger partial charge in [0.05, 0.1) is 11.3 Å². The number of hydrogen-bond donors (Lipinski definition) is 1. The van der Waals surface area contributed by atoms with Crippen LogP contribution in [0.3, 0.4) is 0 Å². The molecule has 1 saturated heterocycles. The molecule has 1 aromatic carbocycles. The number of piperazine rings is 1. The van der Waals surface area contributed by atoms with Crippen LogP contribution in [-0.2, 0) is 6.54 Å². The number of nitriles is 1. The Balaban J connectivity index is 1.53. The van der Waals surface area contributed by atoms with E-state index in [9.17, 15) is 5.26 Å². The van der Waals surface area contributed by atoms with Crippen LogP contribution in [0.15, 0.2) is 48.8 Å². The number of pyridine rings is 1. The fourth-order valence-electron chi connectivity index (χ4n) is 2.79. The summed E-state index contributed by atoms with van der Waals surface area (Å²) in [5.41, 5.74) is 2.85. The molecule has 0 amide bonds. The van der Waals surface area contributed by atoms with E-state index >= 15 is 0 Å². The van der Waals surface area contributed by atoms with E-state index in [1.54, 1.807) is 6.20 Å². The summed E-state index contributed by atoms with van der Waals surface area (Å²) in [7, 11) is 0. The molecule has 0 bridgehead atoms. The summed E-state index contributed by atoms with van der Waals surface area (Å²) in [4.78, 5) is 8.53. The normalized spacial score (nSPS) is 14.1. The van der Waals surface area contributed by atoms with Gasteiger partial charge in [0, 0.05) is 45.1 Å². The molecule has 3 rings (SSSR count). The van der Waals surface area contributed by atoms with E-state index in [1.165, 1.54) is 0 Å². The van der Waals surface area contributed by atoms with Gasteiger partial charge in [-0.25, -0.2) is 0 Å². The zero-order valence-corrected chi connectivity index (χ0v) is 14.2. The van der Waals surface area contributed by atoms with Crippen molar-refractivity contribution < 1.29 is 0 Å². The van der Waals surface area contributed by atoms with Gasteiger partial charge in [-0.05, 0) is 36.0 Å². The quantitative estimate of drug-likeness (QED) is 0.866. The van der Waals surface area contributed by atoms with Crippen molar-refractivity contribution in [2.24, 2.45) is 0 Å². The Hall–Kier alpha value is -2.65. The fourth-order valence-corrected chi connectivity index (χ4v) is 3.04. The molecule has 1 aromatic heterocycles. The summed E-state index contributed by atoms with van der Waals surface area (Å²) >= 11 is 5.50. The maximum Gasteiger partial charge on any atom is 0.169 e. The molecule has 24 heavy (non-hydrogen) atoms. The first-order chi connectivity index (χ1) is 11.8. The average molecular weight is 337 g/mol. The van der Waals surface area contributed by atoms with Crippen LogP contribution in [0.1, 0.15) is 11.1 Å². The van der Waals surface area contributed by atoms with Crippen molar-refractivity contribution in [2.75, 3.05) is 31.1 Å². The van der Waals surface area contributed by atoms with Gasteiger partial charge in [-0.1, -0.05) is 18.2 Å². The predicted octanol–water partition coefficient (Wildman–Crippen LogP) is 2.15. The number of para-hydroxylation sites is 1. The van der Waals surface area contributed by atoms with E-state index < -0.39 is 0 Å². The summed E-state index contributed by atoms with van der Waals surface area (Å²) in [6, 6.07) is 14.0. The third-order valence-electron chi connectivity index (χ3n) is 4.10. The molecule has 1 aliphatic heterocycles. The maximum atomic E-state index is 9.24. The maximum absolute atomic E-state index is 9.24. The van der Waals surface area contributed by atoms with E-state index in [2.05, 4.69) is 26.2 Å². The number of anilines is 1. The minimum Gasteiger partial charge on any atom is -0.367 e. The lowest BCUT2D eigenvalue weighted by Crippen LogP contribution is -2.51. The van der Waals surface area contributed by atoms with Crippen molar-refractivity contribution in [3.63, 3.8) is 0 Å². The first kappa shape index (κ1) is 16.2. The van der Waals surface area contributed by atoms with Crippen LogP contribution < -0.4 is 10.2 Å². The summed E-state index contributed by atoms with van der Waals surface area (Å²) in [6.07, 6.45) is 3.60. The van der Waals surface area contributed by atoms with Crippen LogP contribution in [0.4, 0.5) is 5.69 Å². The molecule has 122 valence electrons. The first-order valence-electron chi connectivity index (χ1n) is 7.93. The van der Waals surface area contributed by atoms with Gasteiger partial charge in [-0.15, -0.1) is 0 Å². The van der Waals surface area contributed by atoms with Crippen molar-refractivity contribution in [3.05, 3.63) is 59.9 Å². The van der Waals surface area contributed by atoms with Crippen molar-refractivity contribution in [3.8, 4) is 6.07 Å². The summed E-state index contributed by atoms with van der Waals surface area (Å²) in [5, 5.41) is 13.3. The standard InChI is InChI=1S/C18H19N5S/c19-12-16-5-1-2-6-17(16)22-8-10-23(11-9-22)18(24)21-14-15-4-3-7-20-13-15/h1-7,13H,8-11,14H2,(H,21,24). The molecule has 0 unspecified atom stereocenters. The third kappa shape index (κ3) is 3.81. The predicted molar refractivity (Wildman–Crippen MR) is 98.6 cm³/mol. The van der Waals surface area contributed by atoms with E-state index in [4.69, 9.17) is 12.2 Å². The number of rotatable bonds is 3. The molecule has 0 aliphatic carbocycles. The Kier molecular flexibility index (Phi) is 5.24. The Labute approximate surface area is 147 Å². The molecule has 1 N–H and O–H groups in total. The topological polar surface area (TPSA) is 55.2 Å². The van der Waals surface area contributed by atoms with Gasteiger partial charge in [-0.2, -0.15) is 5.26 Å². The Morgan fingerprint density at radius 2 is 1.96 bits per heavy atom. The number of nitrogens with one attached hydrogen (secondary N) is 1. The van der Waals surface area contributed by atoms with E-state index in [0.29, 0.717) is 6.54 Å². The highest BCUT2D eigenvalue weighted by Crippen LogP contribution is 2.21. The summed E-state index contributed by atoms with van der Waals surface area (Å²) in [6.45, 7) is 4.09. The zero-order valence-electron chi connectivity index (χ0n) is 13.4. The Morgan fingerprint density at radius 1 is 1.17 bits per heavy atom. The molecule has 0 spiro atoms. The number of aromatic nitrogens is 1. The summed E-state index contributed by atoms with van der Waals surface area (Å²) < 4.78 is 0. The number of hydrogen-bond acceptors (Lipinski definition) is 4. The van der Waals surface area contributed by atoms with E-state index in [1.807, 2.05) is 42.6 Å². The van der Waals surface area contributed by atoms with Gasteiger partial charge in [0.2, 0.25) is 0 Å². The van der Waals surface area contributed by atoms with Gasteiger partial charge in [0.25, 0.3) is 0 Å².